The summed E-state index contributed by atoms with van der Waals surface area (Å²) < 4.78 is 0. The van der Waals surface area contributed by atoms with E-state index in [4.69, 9.17) is 5.26 Å². The number of rotatable bonds is 3. The first-order chi connectivity index (χ1) is 8.36. The molecule has 3 heteroatoms. The van der Waals surface area contributed by atoms with Crippen molar-refractivity contribution in [2.45, 2.75) is 34.6 Å². The lowest BCUT2D eigenvalue weighted by atomic mass is 9.96. The maximum absolute atomic E-state index is 12.0. The highest BCUT2D eigenvalue weighted by Gasteiger charge is 2.22. The second-order valence-electron chi connectivity index (χ2n) is 5.11. The molecule has 0 aliphatic rings. The van der Waals surface area contributed by atoms with E-state index in [-0.39, 0.29) is 11.8 Å². The third-order valence-electron chi connectivity index (χ3n) is 3.01. The van der Waals surface area contributed by atoms with Gasteiger partial charge in [-0.1, -0.05) is 31.5 Å². The Labute approximate surface area is 109 Å². The molecule has 0 aliphatic carbocycles. The van der Waals surface area contributed by atoms with Crippen molar-refractivity contribution in [3.05, 3.63) is 28.8 Å². The number of carbonyl (C=O) groups excluding carboxylic acids is 1. The van der Waals surface area contributed by atoms with E-state index in [1.807, 2.05) is 46.8 Å². The van der Waals surface area contributed by atoms with Crippen LogP contribution in [-0.2, 0) is 4.79 Å². The van der Waals surface area contributed by atoms with Crippen molar-refractivity contribution in [1.29, 1.82) is 5.26 Å². The molecule has 0 aromatic heterocycles. The molecule has 1 atom stereocenters. The van der Waals surface area contributed by atoms with Crippen LogP contribution in [0.5, 0.6) is 0 Å². The van der Waals surface area contributed by atoms with E-state index in [9.17, 15) is 4.79 Å². The summed E-state index contributed by atoms with van der Waals surface area (Å²) in [6.07, 6.45) is 0. The zero-order valence-corrected chi connectivity index (χ0v) is 11.7. The lowest BCUT2D eigenvalue weighted by Crippen LogP contribution is -2.26. The van der Waals surface area contributed by atoms with Gasteiger partial charge in [0.25, 0.3) is 0 Å². The van der Waals surface area contributed by atoms with Crippen LogP contribution >= 0.6 is 0 Å². The topological polar surface area (TPSA) is 52.9 Å². The fourth-order valence-corrected chi connectivity index (χ4v) is 2.09. The minimum absolute atomic E-state index is 0.0149. The van der Waals surface area contributed by atoms with Gasteiger partial charge in [0.15, 0.2) is 0 Å². The van der Waals surface area contributed by atoms with Crippen molar-refractivity contribution in [1.82, 2.24) is 0 Å². The van der Waals surface area contributed by atoms with E-state index in [0.29, 0.717) is 0 Å². The molecule has 1 aromatic carbocycles. The number of nitriles is 1. The van der Waals surface area contributed by atoms with E-state index in [1.54, 1.807) is 0 Å². The predicted molar refractivity (Wildman–Crippen MR) is 73.2 cm³/mol. The minimum atomic E-state index is -0.606. The van der Waals surface area contributed by atoms with Crippen LogP contribution in [0.4, 0.5) is 5.69 Å². The average Bonchev–Trinajstić information content (AvgIpc) is 2.23. The zero-order chi connectivity index (χ0) is 13.9. The highest BCUT2D eigenvalue weighted by atomic mass is 16.1. The number of hydrogen-bond donors (Lipinski definition) is 1. The van der Waals surface area contributed by atoms with Crippen molar-refractivity contribution >= 4 is 11.6 Å². The van der Waals surface area contributed by atoms with E-state index in [0.717, 1.165) is 16.8 Å². The number of amides is 1. The van der Waals surface area contributed by atoms with Gasteiger partial charge in [0.05, 0.1) is 6.07 Å². The van der Waals surface area contributed by atoms with Crippen LogP contribution in [0.3, 0.4) is 0 Å². The Balaban J connectivity index is 2.99. The van der Waals surface area contributed by atoms with Crippen molar-refractivity contribution < 1.29 is 4.79 Å². The maximum atomic E-state index is 12.0. The van der Waals surface area contributed by atoms with Crippen LogP contribution in [0, 0.1) is 43.9 Å². The van der Waals surface area contributed by atoms with Crippen LogP contribution in [-0.4, -0.2) is 5.91 Å². The van der Waals surface area contributed by atoms with Crippen LogP contribution in [0.15, 0.2) is 12.1 Å². The summed E-state index contributed by atoms with van der Waals surface area (Å²) in [7, 11) is 0. The van der Waals surface area contributed by atoms with Crippen LogP contribution in [0.1, 0.15) is 30.5 Å². The van der Waals surface area contributed by atoms with Gasteiger partial charge < -0.3 is 5.32 Å². The molecule has 0 spiro atoms. The predicted octanol–water partition coefficient (Wildman–Crippen LogP) is 3.35. The Morgan fingerprint density at radius 3 is 2.11 bits per heavy atom. The first-order valence-corrected chi connectivity index (χ1v) is 6.15. The number of hydrogen-bond acceptors (Lipinski definition) is 2. The Kier molecular flexibility index (Phi) is 4.49. The summed E-state index contributed by atoms with van der Waals surface area (Å²) >= 11 is 0. The molecule has 0 saturated carbocycles. The van der Waals surface area contributed by atoms with Crippen molar-refractivity contribution in [3.63, 3.8) is 0 Å². The van der Waals surface area contributed by atoms with Crippen molar-refractivity contribution in [2.75, 3.05) is 5.32 Å². The summed E-state index contributed by atoms with van der Waals surface area (Å²) in [5.41, 5.74) is 4.05. The summed E-state index contributed by atoms with van der Waals surface area (Å²) in [5.74, 6) is -0.811. The molecule has 1 unspecified atom stereocenters. The number of aryl methyl sites for hydroxylation is 3. The highest BCUT2D eigenvalue weighted by Crippen LogP contribution is 2.23. The molecule has 3 nitrogen and oxygen atoms in total. The SMILES string of the molecule is Cc1cc(C)c(NC(=O)C(C#N)C(C)C)c(C)c1. The third-order valence-corrected chi connectivity index (χ3v) is 3.01. The van der Waals surface area contributed by atoms with Gasteiger partial charge in [0.2, 0.25) is 5.91 Å². The quantitative estimate of drug-likeness (QED) is 0.886. The molecule has 0 radical (unpaired) electrons. The molecule has 1 N–H and O–H groups in total. The maximum Gasteiger partial charge on any atom is 0.242 e. The number of anilines is 1. The van der Waals surface area contributed by atoms with Gasteiger partial charge >= 0.3 is 0 Å². The summed E-state index contributed by atoms with van der Waals surface area (Å²) in [5, 5.41) is 11.9. The number of benzene rings is 1. The van der Waals surface area contributed by atoms with Gasteiger partial charge in [-0.25, -0.2) is 0 Å². The zero-order valence-electron chi connectivity index (χ0n) is 11.7. The van der Waals surface area contributed by atoms with E-state index >= 15 is 0 Å². The summed E-state index contributed by atoms with van der Waals surface area (Å²) in [6, 6.07) is 6.11. The van der Waals surface area contributed by atoms with Crippen LogP contribution < -0.4 is 5.32 Å². The van der Waals surface area contributed by atoms with Crippen molar-refractivity contribution in [3.8, 4) is 6.07 Å². The first kappa shape index (κ1) is 14.2. The second-order valence-corrected chi connectivity index (χ2v) is 5.11. The number of carbonyl (C=O) groups is 1. The molecule has 0 fully saturated rings. The van der Waals surface area contributed by atoms with Crippen LogP contribution in [0.2, 0.25) is 0 Å². The highest BCUT2D eigenvalue weighted by molar-refractivity contribution is 5.95. The van der Waals surface area contributed by atoms with Gasteiger partial charge in [0.1, 0.15) is 5.92 Å². The molecule has 0 aliphatic heterocycles. The van der Waals surface area contributed by atoms with Gasteiger partial charge in [-0.2, -0.15) is 5.26 Å². The largest absolute Gasteiger partial charge is 0.324 e. The molecule has 0 heterocycles. The smallest absolute Gasteiger partial charge is 0.242 e. The molecule has 0 bridgehead atoms. The van der Waals surface area contributed by atoms with Gasteiger partial charge in [-0.15, -0.1) is 0 Å². The Hall–Kier alpha value is -1.82. The standard InChI is InChI=1S/C15H20N2O/c1-9(2)13(8-16)15(18)17-14-11(4)6-10(3)7-12(14)5/h6-7,9,13H,1-5H3,(H,17,18). The van der Waals surface area contributed by atoms with Crippen LogP contribution in [0.25, 0.3) is 0 Å². The average molecular weight is 244 g/mol. The fourth-order valence-electron chi connectivity index (χ4n) is 2.09. The first-order valence-electron chi connectivity index (χ1n) is 6.15. The molecule has 0 saturated heterocycles. The lowest BCUT2D eigenvalue weighted by Gasteiger charge is -2.16. The monoisotopic (exact) mass is 244 g/mol. The molecule has 96 valence electrons. The van der Waals surface area contributed by atoms with Gasteiger partial charge in [0, 0.05) is 5.69 Å². The molecule has 1 amide bonds. The normalized spacial score (nSPS) is 12.1. The van der Waals surface area contributed by atoms with E-state index in [2.05, 4.69) is 11.4 Å². The fraction of sp³-hybridized carbons (Fsp3) is 0.467. The molecule has 18 heavy (non-hydrogen) atoms. The number of nitrogens with zero attached hydrogens (tertiary/aromatic N) is 1. The lowest BCUT2D eigenvalue weighted by molar-refractivity contribution is -0.119. The summed E-state index contributed by atoms with van der Waals surface area (Å²) in [6.45, 7) is 9.71. The second kappa shape index (κ2) is 5.68. The van der Waals surface area contributed by atoms with E-state index < -0.39 is 5.92 Å². The molecule has 1 rings (SSSR count). The number of nitrogens with one attached hydrogen (secondary N) is 1. The van der Waals surface area contributed by atoms with Gasteiger partial charge in [-0.3, -0.25) is 4.79 Å². The van der Waals surface area contributed by atoms with E-state index in [1.165, 1.54) is 5.56 Å². The molecule has 1 aromatic rings. The van der Waals surface area contributed by atoms with Gasteiger partial charge in [-0.05, 0) is 37.8 Å². The van der Waals surface area contributed by atoms with Crippen molar-refractivity contribution in [2.24, 2.45) is 11.8 Å². The Bertz CT molecular complexity index is 475. The summed E-state index contributed by atoms with van der Waals surface area (Å²) in [4.78, 5) is 12.0. The minimum Gasteiger partial charge on any atom is -0.324 e. The molecular formula is C15H20N2O. The molecular weight excluding hydrogens is 224 g/mol. The Morgan fingerprint density at radius 2 is 1.72 bits per heavy atom. The Morgan fingerprint density at radius 1 is 1.22 bits per heavy atom. The third kappa shape index (κ3) is 3.10.